The van der Waals surface area contributed by atoms with Crippen LogP contribution >= 0.6 is 0 Å². The number of pyridine rings is 1. The zero-order chi connectivity index (χ0) is 14.2. The molecule has 0 amide bonds. The first-order valence-corrected chi connectivity index (χ1v) is 7.13. The van der Waals surface area contributed by atoms with Crippen molar-refractivity contribution in [2.75, 3.05) is 18.4 Å². The van der Waals surface area contributed by atoms with Crippen LogP contribution in [0.3, 0.4) is 0 Å². The molecule has 108 valence electrons. The molecule has 4 heterocycles. The zero-order valence-corrected chi connectivity index (χ0v) is 11.8. The Kier molecular flexibility index (Phi) is 2.85. The number of anilines is 1. The molecule has 0 radical (unpaired) electrons. The minimum atomic E-state index is 0.413. The Labute approximate surface area is 121 Å². The van der Waals surface area contributed by atoms with Gasteiger partial charge >= 0.3 is 0 Å². The van der Waals surface area contributed by atoms with E-state index in [2.05, 4.69) is 37.8 Å². The van der Waals surface area contributed by atoms with Crippen molar-refractivity contribution in [1.29, 1.82) is 0 Å². The minimum Gasteiger partial charge on any atom is -0.349 e. The summed E-state index contributed by atoms with van der Waals surface area (Å²) in [6.07, 6.45) is 6.75. The van der Waals surface area contributed by atoms with Crippen LogP contribution in [0.1, 0.15) is 12.0 Å². The normalized spacial score (nSPS) is 18.4. The highest BCUT2D eigenvalue weighted by atomic mass is 15.4. The Morgan fingerprint density at radius 2 is 2.38 bits per heavy atom. The van der Waals surface area contributed by atoms with E-state index in [1.165, 1.54) is 0 Å². The van der Waals surface area contributed by atoms with Crippen molar-refractivity contribution in [2.24, 2.45) is 0 Å². The highest BCUT2D eigenvalue weighted by Gasteiger charge is 2.17. The molecule has 1 aliphatic heterocycles. The smallest absolute Gasteiger partial charge is 0.243 e. The Balaban J connectivity index is 1.72. The van der Waals surface area contributed by atoms with Crippen LogP contribution in [0.15, 0.2) is 24.7 Å². The van der Waals surface area contributed by atoms with Crippen molar-refractivity contribution < 1.29 is 0 Å². The first-order valence-electron chi connectivity index (χ1n) is 7.13. The van der Waals surface area contributed by atoms with Crippen LogP contribution in [-0.2, 0) is 0 Å². The average Bonchev–Trinajstić information content (AvgIpc) is 3.19. The van der Waals surface area contributed by atoms with Gasteiger partial charge in [0.1, 0.15) is 0 Å². The van der Waals surface area contributed by atoms with Gasteiger partial charge < -0.3 is 10.6 Å². The number of nitrogens with zero attached hydrogens (tertiary/aromatic N) is 4. The second-order valence-corrected chi connectivity index (χ2v) is 5.38. The lowest BCUT2D eigenvalue weighted by atomic mass is 10.1. The Morgan fingerprint density at radius 1 is 1.43 bits per heavy atom. The average molecular weight is 283 g/mol. The molecule has 0 aromatic carbocycles. The summed E-state index contributed by atoms with van der Waals surface area (Å²) >= 11 is 0. The minimum absolute atomic E-state index is 0.413. The molecule has 7 nitrogen and oxygen atoms in total. The maximum Gasteiger partial charge on any atom is 0.243 e. The van der Waals surface area contributed by atoms with Crippen molar-refractivity contribution in [2.45, 2.75) is 19.4 Å². The molecule has 1 unspecified atom stereocenters. The number of aryl methyl sites for hydroxylation is 1. The van der Waals surface area contributed by atoms with E-state index in [0.717, 1.165) is 41.8 Å². The topological polar surface area (TPSA) is 82.9 Å². The van der Waals surface area contributed by atoms with Gasteiger partial charge in [-0.05, 0) is 31.5 Å². The number of hydrogen-bond acceptors (Lipinski definition) is 5. The summed E-state index contributed by atoms with van der Waals surface area (Å²) in [5.74, 6) is 0.691. The predicted octanol–water partition coefficient (Wildman–Crippen LogP) is 1.20. The van der Waals surface area contributed by atoms with Gasteiger partial charge in [-0.1, -0.05) is 0 Å². The van der Waals surface area contributed by atoms with E-state index in [1.807, 2.05) is 29.2 Å². The van der Waals surface area contributed by atoms with E-state index in [0.29, 0.717) is 12.0 Å². The van der Waals surface area contributed by atoms with Crippen molar-refractivity contribution in [3.8, 4) is 11.1 Å². The highest BCUT2D eigenvalue weighted by molar-refractivity contribution is 5.72. The number of fused-ring (bicyclic) bond motifs is 1. The first kappa shape index (κ1) is 12.3. The van der Waals surface area contributed by atoms with Crippen molar-refractivity contribution in [1.82, 2.24) is 30.1 Å². The van der Waals surface area contributed by atoms with Crippen molar-refractivity contribution in [3.63, 3.8) is 0 Å². The molecule has 21 heavy (non-hydrogen) atoms. The molecule has 1 aliphatic rings. The summed E-state index contributed by atoms with van der Waals surface area (Å²) in [7, 11) is 0. The van der Waals surface area contributed by atoms with Gasteiger partial charge in [-0.25, -0.2) is 4.52 Å². The molecule has 3 N–H and O–H groups in total. The highest BCUT2D eigenvalue weighted by Crippen LogP contribution is 2.25. The van der Waals surface area contributed by atoms with Crippen LogP contribution in [0.25, 0.3) is 16.8 Å². The fourth-order valence-corrected chi connectivity index (χ4v) is 2.81. The Hall–Kier alpha value is -2.41. The third-order valence-corrected chi connectivity index (χ3v) is 3.96. The summed E-state index contributed by atoms with van der Waals surface area (Å²) in [4.78, 5) is 4.63. The number of nitrogens with one attached hydrogen (secondary N) is 3. The van der Waals surface area contributed by atoms with Gasteiger partial charge in [-0.15, -0.1) is 5.10 Å². The maximum atomic E-state index is 4.63. The van der Waals surface area contributed by atoms with Gasteiger partial charge in [-0.2, -0.15) is 10.1 Å². The van der Waals surface area contributed by atoms with E-state index in [9.17, 15) is 0 Å². The third kappa shape index (κ3) is 2.15. The molecule has 1 fully saturated rings. The number of aromatic amines is 1. The summed E-state index contributed by atoms with van der Waals surface area (Å²) in [6, 6.07) is 2.46. The molecule has 0 saturated carbocycles. The van der Waals surface area contributed by atoms with Crippen LogP contribution < -0.4 is 10.6 Å². The fraction of sp³-hybridized carbons (Fsp3) is 0.357. The lowest BCUT2D eigenvalue weighted by molar-refractivity contribution is 0.779. The lowest BCUT2D eigenvalue weighted by Gasteiger charge is -2.07. The molecule has 0 aliphatic carbocycles. The van der Waals surface area contributed by atoms with Crippen LogP contribution in [0.5, 0.6) is 0 Å². The molecule has 1 saturated heterocycles. The van der Waals surface area contributed by atoms with Crippen molar-refractivity contribution >= 4 is 11.6 Å². The van der Waals surface area contributed by atoms with E-state index >= 15 is 0 Å². The zero-order valence-electron chi connectivity index (χ0n) is 11.8. The molecule has 3 aromatic rings. The van der Waals surface area contributed by atoms with Crippen LogP contribution in [0.2, 0.25) is 0 Å². The van der Waals surface area contributed by atoms with E-state index in [-0.39, 0.29) is 0 Å². The molecule has 0 spiro atoms. The predicted molar refractivity (Wildman–Crippen MR) is 80.2 cm³/mol. The van der Waals surface area contributed by atoms with Gasteiger partial charge in [-0.3, -0.25) is 5.10 Å². The quantitative estimate of drug-likeness (QED) is 0.673. The van der Waals surface area contributed by atoms with E-state index in [1.54, 1.807) is 0 Å². The second kappa shape index (κ2) is 4.85. The first-order chi connectivity index (χ1) is 10.3. The number of H-pyrrole nitrogens is 1. The second-order valence-electron chi connectivity index (χ2n) is 5.38. The van der Waals surface area contributed by atoms with Gasteiger partial charge in [0.25, 0.3) is 0 Å². The van der Waals surface area contributed by atoms with Gasteiger partial charge in [0.15, 0.2) is 5.65 Å². The Morgan fingerprint density at radius 3 is 3.14 bits per heavy atom. The number of hydrogen-bond donors (Lipinski definition) is 3. The van der Waals surface area contributed by atoms with Crippen LogP contribution in [0.4, 0.5) is 5.95 Å². The monoisotopic (exact) mass is 283 g/mol. The van der Waals surface area contributed by atoms with Gasteiger partial charge in [0.2, 0.25) is 5.95 Å². The van der Waals surface area contributed by atoms with Crippen LogP contribution in [0, 0.1) is 6.92 Å². The summed E-state index contributed by atoms with van der Waals surface area (Å²) in [5, 5.41) is 18.1. The SMILES string of the molecule is Cc1c(-c2cn[nH]c2)ccn2nc(NC3CCNC3)nc12. The molecule has 3 aromatic heterocycles. The molecular weight excluding hydrogens is 266 g/mol. The largest absolute Gasteiger partial charge is 0.349 e. The lowest BCUT2D eigenvalue weighted by Crippen LogP contribution is -2.22. The number of rotatable bonds is 3. The standard InChI is InChI=1S/C14H17N7/c1-9-12(10-6-16-17-7-10)3-5-21-13(9)19-14(20-21)18-11-2-4-15-8-11/h3,5-7,11,15H,2,4,8H2,1H3,(H,16,17)(H,18,20). The fourth-order valence-electron chi connectivity index (χ4n) is 2.81. The molecule has 0 bridgehead atoms. The van der Waals surface area contributed by atoms with Crippen molar-refractivity contribution in [3.05, 3.63) is 30.2 Å². The van der Waals surface area contributed by atoms with Gasteiger partial charge in [0, 0.05) is 36.1 Å². The Bertz CT molecular complexity index is 753. The molecule has 4 rings (SSSR count). The van der Waals surface area contributed by atoms with Gasteiger partial charge in [0.05, 0.1) is 6.20 Å². The van der Waals surface area contributed by atoms with Crippen LogP contribution in [-0.4, -0.2) is 43.9 Å². The molecular formula is C14H17N7. The van der Waals surface area contributed by atoms with E-state index < -0.39 is 0 Å². The summed E-state index contributed by atoms with van der Waals surface area (Å²) in [6.45, 7) is 4.08. The summed E-state index contributed by atoms with van der Waals surface area (Å²) < 4.78 is 1.82. The van der Waals surface area contributed by atoms with E-state index in [4.69, 9.17) is 0 Å². The number of aromatic nitrogens is 5. The summed E-state index contributed by atoms with van der Waals surface area (Å²) in [5.41, 5.74) is 4.16. The maximum absolute atomic E-state index is 4.63. The molecule has 1 atom stereocenters. The molecule has 7 heteroatoms. The third-order valence-electron chi connectivity index (χ3n) is 3.96.